The monoisotopic (exact) mass is 259 g/mol. The highest BCUT2D eigenvalue weighted by Crippen LogP contribution is 2.08. The van der Waals surface area contributed by atoms with E-state index in [1.165, 1.54) is 0 Å². The number of unbranched alkanes of at least 4 members (excludes halogenated alkanes) is 2. The largest absolute Gasteiger partial charge is 0.337 e. The fourth-order valence-corrected chi connectivity index (χ4v) is 1.87. The normalized spacial score (nSPS) is 9.89. The van der Waals surface area contributed by atoms with Crippen LogP contribution in [-0.2, 0) is 11.3 Å². The molecule has 0 bridgehead atoms. The molecule has 0 spiro atoms. The summed E-state index contributed by atoms with van der Waals surface area (Å²) in [7, 11) is 0. The van der Waals surface area contributed by atoms with Crippen molar-refractivity contribution < 1.29 is 4.79 Å². The van der Waals surface area contributed by atoms with Crippen molar-refractivity contribution in [1.82, 2.24) is 9.88 Å². The van der Waals surface area contributed by atoms with Crippen molar-refractivity contribution in [2.45, 2.75) is 45.6 Å². The van der Waals surface area contributed by atoms with E-state index in [0.717, 1.165) is 24.8 Å². The molecule has 4 nitrogen and oxygen atoms in total. The van der Waals surface area contributed by atoms with Crippen molar-refractivity contribution in [3.05, 3.63) is 30.1 Å². The third kappa shape index (κ3) is 6.01. The molecule has 19 heavy (non-hydrogen) atoms. The number of aromatic nitrogens is 1. The molecular weight excluding hydrogens is 238 g/mol. The summed E-state index contributed by atoms with van der Waals surface area (Å²) in [5.41, 5.74) is 1.00. The Morgan fingerprint density at radius 3 is 2.95 bits per heavy atom. The molecule has 4 heteroatoms. The van der Waals surface area contributed by atoms with Gasteiger partial charge in [-0.25, -0.2) is 0 Å². The van der Waals surface area contributed by atoms with Gasteiger partial charge in [0.2, 0.25) is 5.91 Å². The van der Waals surface area contributed by atoms with Gasteiger partial charge in [-0.2, -0.15) is 5.26 Å². The van der Waals surface area contributed by atoms with Crippen molar-refractivity contribution in [2.75, 3.05) is 6.54 Å². The molecule has 0 aliphatic carbocycles. The maximum absolute atomic E-state index is 12.1. The molecule has 0 aromatic carbocycles. The average molecular weight is 259 g/mol. The van der Waals surface area contributed by atoms with Crippen LogP contribution in [-0.4, -0.2) is 22.3 Å². The Hall–Kier alpha value is -1.89. The molecule has 102 valence electrons. The van der Waals surface area contributed by atoms with Crippen LogP contribution in [0, 0.1) is 11.3 Å². The number of rotatable bonds is 8. The lowest BCUT2D eigenvalue weighted by atomic mass is 10.1. The first-order valence-corrected chi connectivity index (χ1v) is 6.81. The summed E-state index contributed by atoms with van der Waals surface area (Å²) in [5.74, 6) is 0.132. The van der Waals surface area contributed by atoms with Crippen LogP contribution in [0.4, 0.5) is 0 Å². The van der Waals surface area contributed by atoms with Gasteiger partial charge in [-0.3, -0.25) is 9.78 Å². The smallest absolute Gasteiger partial charge is 0.222 e. The van der Waals surface area contributed by atoms with E-state index in [-0.39, 0.29) is 5.91 Å². The van der Waals surface area contributed by atoms with Crippen molar-refractivity contribution in [1.29, 1.82) is 5.26 Å². The molecular formula is C15H21N3O. The Balaban J connectivity index is 2.56. The van der Waals surface area contributed by atoms with E-state index >= 15 is 0 Å². The van der Waals surface area contributed by atoms with Gasteiger partial charge in [-0.05, 0) is 18.1 Å². The van der Waals surface area contributed by atoms with Crippen molar-refractivity contribution >= 4 is 5.91 Å². The highest BCUT2D eigenvalue weighted by molar-refractivity contribution is 5.76. The number of carbonyl (C=O) groups is 1. The van der Waals surface area contributed by atoms with Gasteiger partial charge in [0.25, 0.3) is 0 Å². The summed E-state index contributed by atoms with van der Waals surface area (Å²) in [6.45, 7) is 3.16. The molecule has 0 aliphatic heterocycles. The van der Waals surface area contributed by atoms with Crippen LogP contribution in [0.25, 0.3) is 0 Å². The fraction of sp³-hybridized carbons (Fsp3) is 0.533. The molecule has 1 amide bonds. The number of pyridine rings is 1. The van der Waals surface area contributed by atoms with Crippen LogP contribution in [0.5, 0.6) is 0 Å². The minimum Gasteiger partial charge on any atom is -0.337 e. The molecule has 0 saturated heterocycles. The first-order chi connectivity index (χ1) is 9.27. The summed E-state index contributed by atoms with van der Waals surface area (Å²) in [5, 5.41) is 8.68. The highest BCUT2D eigenvalue weighted by atomic mass is 16.2. The fourth-order valence-electron chi connectivity index (χ4n) is 1.87. The number of amides is 1. The first kappa shape index (κ1) is 15.2. The standard InChI is InChI=1S/C15H21N3O/c1-2-3-4-8-15(19)18(11-6-9-16)13-14-7-5-10-17-12-14/h5,7,10,12H,2-4,6,8,11,13H2,1H3. The summed E-state index contributed by atoms with van der Waals surface area (Å²) in [4.78, 5) is 17.9. The maximum Gasteiger partial charge on any atom is 0.222 e. The Bertz CT molecular complexity index is 411. The molecule has 0 fully saturated rings. The van der Waals surface area contributed by atoms with Gasteiger partial charge in [0.15, 0.2) is 0 Å². The van der Waals surface area contributed by atoms with Gasteiger partial charge in [-0.15, -0.1) is 0 Å². The molecule has 1 aromatic heterocycles. The second-order valence-corrected chi connectivity index (χ2v) is 4.54. The molecule has 1 rings (SSSR count). The predicted octanol–water partition coefficient (Wildman–Crippen LogP) is 2.90. The third-order valence-electron chi connectivity index (χ3n) is 2.94. The van der Waals surface area contributed by atoms with Crippen molar-refractivity contribution in [3.63, 3.8) is 0 Å². The zero-order valence-corrected chi connectivity index (χ0v) is 11.5. The Morgan fingerprint density at radius 2 is 2.32 bits per heavy atom. The number of nitriles is 1. The number of nitrogens with zero attached hydrogens (tertiary/aromatic N) is 3. The van der Waals surface area contributed by atoms with Crippen LogP contribution < -0.4 is 0 Å². The number of hydrogen-bond donors (Lipinski definition) is 0. The minimum atomic E-state index is 0.132. The summed E-state index contributed by atoms with van der Waals surface area (Å²) >= 11 is 0. The number of hydrogen-bond acceptors (Lipinski definition) is 3. The minimum absolute atomic E-state index is 0.132. The zero-order chi connectivity index (χ0) is 13.9. The van der Waals surface area contributed by atoms with Crippen LogP contribution in [0.1, 0.15) is 44.6 Å². The Kier molecular flexibility index (Phi) is 7.26. The SMILES string of the molecule is CCCCCC(=O)N(CCC#N)Cc1cccnc1. The zero-order valence-electron chi connectivity index (χ0n) is 11.5. The average Bonchev–Trinajstić information content (AvgIpc) is 2.44. The third-order valence-corrected chi connectivity index (χ3v) is 2.94. The van der Waals surface area contributed by atoms with E-state index < -0.39 is 0 Å². The van der Waals surface area contributed by atoms with Gasteiger partial charge in [0.05, 0.1) is 12.5 Å². The van der Waals surface area contributed by atoms with E-state index in [0.29, 0.717) is 25.9 Å². The van der Waals surface area contributed by atoms with E-state index in [1.807, 2.05) is 12.1 Å². The molecule has 0 unspecified atom stereocenters. The number of carbonyl (C=O) groups excluding carboxylic acids is 1. The Labute approximate surface area is 115 Å². The van der Waals surface area contributed by atoms with Gasteiger partial charge < -0.3 is 4.90 Å². The van der Waals surface area contributed by atoms with E-state index in [2.05, 4.69) is 18.0 Å². The summed E-state index contributed by atoms with van der Waals surface area (Å²) in [6.07, 6.45) is 7.52. The molecule has 1 heterocycles. The lowest BCUT2D eigenvalue weighted by Gasteiger charge is -2.21. The van der Waals surface area contributed by atoms with E-state index in [9.17, 15) is 4.79 Å². The molecule has 0 atom stereocenters. The Morgan fingerprint density at radius 1 is 1.47 bits per heavy atom. The van der Waals surface area contributed by atoms with Crippen molar-refractivity contribution in [2.24, 2.45) is 0 Å². The van der Waals surface area contributed by atoms with Gasteiger partial charge in [0, 0.05) is 31.9 Å². The lowest BCUT2D eigenvalue weighted by Crippen LogP contribution is -2.31. The predicted molar refractivity (Wildman–Crippen MR) is 74.0 cm³/mol. The topological polar surface area (TPSA) is 57.0 Å². The quantitative estimate of drug-likeness (QED) is 0.674. The first-order valence-electron chi connectivity index (χ1n) is 6.81. The molecule has 0 N–H and O–H groups in total. The van der Waals surface area contributed by atoms with Crippen LogP contribution >= 0.6 is 0 Å². The molecule has 0 saturated carbocycles. The molecule has 0 radical (unpaired) electrons. The second-order valence-electron chi connectivity index (χ2n) is 4.54. The van der Waals surface area contributed by atoms with E-state index in [4.69, 9.17) is 5.26 Å². The van der Waals surface area contributed by atoms with E-state index in [1.54, 1.807) is 17.3 Å². The molecule has 0 aliphatic rings. The van der Waals surface area contributed by atoms with Crippen LogP contribution in [0.15, 0.2) is 24.5 Å². The summed E-state index contributed by atoms with van der Waals surface area (Å²) < 4.78 is 0. The van der Waals surface area contributed by atoms with Crippen LogP contribution in [0.2, 0.25) is 0 Å². The van der Waals surface area contributed by atoms with Gasteiger partial charge in [-0.1, -0.05) is 25.8 Å². The maximum atomic E-state index is 12.1. The van der Waals surface area contributed by atoms with Gasteiger partial charge >= 0.3 is 0 Å². The lowest BCUT2D eigenvalue weighted by molar-refractivity contribution is -0.131. The van der Waals surface area contributed by atoms with Crippen molar-refractivity contribution in [3.8, 4) is 6.07 Å². The summed E-state index contributed by atoms with van der Waals surface area (Å²) in [6, 6.07) is 5.91. The van der Waals surface area contributed by atoms with Crippen LogP contribution in [0.3, 0.4) is 0 Å². The highest BCUT2D eigenvalue weighted by Gasteiger charge is 2.13. The molecule has 1 aromatic rings. The van der Waals surface area contributed by atoms with Gasteiger partial charge in [0.1, 0.15) is 0 Å². The second kappa shape index (κ2) is 9.09.